The zero-order valence-corrected chi connectivity index (χ0v) is 22.9. The van der Waals surface area contributed by atoms with E-state index in [1.165, 1.54) is 4.90 Å². The van der Waals surface area contributed by atoms with Gasteiger partial charge in [0.25, 0.3) is 10.0 Å². The molecule has 3 aromatic rings. The third kappa shape index (κ3) is 6.77. The highest BCUT2D eigenvalue weighted by Crippen LogP contribution is 2.27. The standard InChI is InChI=1S/C29H35N3O4S/c1-6-30-29(34)24(5)31(19-25-12-9-10-22(3)18-25)28(33)20-32(27-13-8-7-11-23(27)4)37(35,36)26-16-14-21(2)15-17-26/h7-18,24H,6,19-20H2,1-5H3,(H,30,34). The number of nitrogens with zero attached hydrogens (tertiary/aromatic N) is 2. The molecule has 0 radical (unpaired) electrons. The Kier molecular flexibility index (Phi) is 9.10. The Morgan fingerprint density at radius 3 is 2.19 bits per heavy atom. The van der Waals surface area contributed by atoms with Gasteiger partial charge in [-0.2, -0.15) is 0 Å². The number of carbonyl (C=O) groups excluding carboxylic acids is 2. The van der Waals surface area contributed by atoms with E-state index in [0.29, 0.717) is 17.8 Å². The van der Waals surface area contributed by atoms with Crippen molar-refractivity contribution in [2.24, 2.45) is 0 Å². The van der Waals surface area contributed by atoms with Crippen LogP contribution in [0, 0.1) is 20.8 Å². The maximum absolute atomic E-state index is 13.8. The number of amides is 2. The number of carbonyl (C=O) groups is 2. The third-order valence-electron chi connectivity index (χ3n) is 6.23. The third-order valence-corrected chi connectivity index (χ3v) is 8.00. The molecule has 0 spiro atoms. The molecule has 2 amide bonds. The SMILES string of the molecule is CCNC(=O)C(C)N(Cc1cccc(C)c1)C(=O)CN(c1ccccc1C)S(=O)(=O)c1ccc(C)cc1. The molecule has 0 aliphatic rings. The maximum Gasteiger partial charge on any atom is 0.264 e. The van der Waals surface area contributed by atoms with Gasteiger partial charge in [-0.15, -0.1) is 0 Å². The predicted molar refractivity (Wildman–Crippen MR) is 147 cm³/mol. The lowest BCUT2D eigenvalue weighted by Crippen LogP contribution is -2.51. The van der Waals surface area contributed by atoms with Crippen LogP contribution in [0.25, 0.3) is 0 Å². The minimum atomic E-state index is -4.07. The summed E-state index contributed by atoms with van der Waals surface area (Å²) in [4.78, 5) is 28.2. The maximum atomic E-state index is 13.8. The van der Waals surface area contributed by atoms with Crippen molar-refractivity contribution in [1.82, 2.24) is 10.2 Å². The second kappa shape index (κ2) is 12.1. The summed E-state index contributed by atoms with van der Waals surface area (Å²) < 4.78 is 28.8. The van der Waals surface area contributed by atoms with Gasteiger partial charge in [-0.1, -0.05) is 65.7 Å². The van der Waals surface area contributed by atoms with E-state index >= 15 is 0 Å². The Morgan fingerprint density at radius 1 is 0.892 bits per heavy atom. The van der Waals surface area contributed by atoms with Crippen LogP contribution in [0.15, 0.2) is 77.7 Å². The zero-order valence-electron chi connectivity index (χ0n) is 22.1. The van der Waals surface area contributed by atoms with E-state index in [4.69, 9.17) is 0 Å². The Morgan fingerprint density at radius 2 is 1.57 bits per heavy atom. The molecule has 37 heavy (non-hydrogen) atoms. The van der Waals surface area contributed by atoms with E-state index in [0.717, 1.165) is 21.0 Å². The van der Waals surface area contributed by atoms with Crippen molar-refractivity contribution in [3.63, 3.8) is 0 Å². The summed E-state index contributed by atoms with van der Waals surface area (Å²) in [5.74, 6) is -0.772. The van der Waals surface area contributed by atoms with E-state index in [2.05, 4.69) is 5.32 Å². The highest BCUT2D eigenvalue weighted by Gasteiger charge is 2.33. The average molecular weight is 522 g/mol. The summed E-state index contributed by atoms with van der Waals surface area (Å²) in [6.45, 7) is 9.26. The lowest BCUT2D eigenvalue weighted by atomic mass is 10.1. The normalized spacial score (nSPS) is 12.0. The molecule has 0 saturated carbocycles. The minimum absolute atomic E-state index is 0.0937. The van der Waals surface area contributed by atoms with Gasteiger partial charge in [0.1, 0.15) is 12.6 Å². The Bertz CT molecular complexity index is 1350. The van der Waals surface area contributed by atoms with Crippen molar-refractivity contribution in [1.29, 1.82) is 0 Å². The number of aryl methyl sites for hydroxylation is 3. The van der Waals surface area contributed by atoms with Gasteiger partial charge in [-0.3, -0.25) is 13.9 Å². The molecule has 3 rings (SSSR count). The van der Waals surface area contributed by atoms with Crippen molar-refractivity contribution in [3.8, 4) is 0 Å². The fourth-order valence-electron chi connectivity index (χ4n) is 4.11. The number of likely N-dealkylation sites (N-methyl/N-ethyl adjacent to an activating group) is 1. The number of sulfonamides is 1. The van der Waals surface area contributed by atoms with Gasteiger partial charge in [0.05, 0.1) is 10.6 Å². The molecule has 1 N–H and O–H groups in total. The number of anilines is 1. The van der Waals surface area contributed by atoms with Crippen LogP contribution in [-0.4, -0.2) is 44.3 Å². The molecule has 196 valence electrons. The van der Waals surface area contributed by atoms with Crippen LogP contribution < -0.4 is 9.62 Å². The van der Waals surface area contributed by atoms with Crippen LogP contribution in [0.2, 0.25) is 0 Å². The van der Waals surface area contributed by atoms with Gasteiger partial charge in [-0.05, 0) is 63.9 Å². The first-order valence-electron chi connectivity index (χ1n) is 12.3. The molecule has 0 aliphatic heterocycles. The summed E-state index contributed by atoms with van der Waals surface area (Å²) in [7, 11) is -4.07. The van der Waals surface area contributed by atoms with Gasteiger partial charge < -0.3 is 10.2 Å². The number of nitrogens with one attached hydrogen (secondary N) is 1. The lowest BCUT2D eigenvalue weighted by molar-refractivity contribution is -0.139. The van der Waals surface area contributed by atoms with E-state index in [-0.39, 0.29) is 17.3 Å². The smallest absolute Gasteiger partial charge is 0.264 e. The largest absolute Gasteiger partial charge is 0.355 e. The van der Waals surface area contributed by atoms with Gasteiger partial charge in [0, 0.05) is 13.1 Å². The van der Waals surface area contributed by atoms with Gasteiger partial charge in [0.2, 0.25) is 11.8 Å². The number of benzene rings is 3. The lowest BCUT2D eigenvalue weighted by Gasteiger charge is -2.32. The summed E-state index contributed by atoms with van der Waals surface area (Å²) in [5, 5.41) is 2.77. The molecule has 0 fully saturated rings. The fraction of sp³-hybridized carbons (Fsp3) is 0.310. The number of rotatable bonds is 10. The molecule has 0 bridgehead atoms. The highest BCUT2D eigenvalue weighted by molar-refractivity contribution is 7.92. The number of hydrogen-bond donors (Lipinski definition) is 1. The number of hydrogen-bond acceptors (Lipinski definition) is 4. The van der Waals surface area contributed by atoms with Gasteiger partial charge >= 0.3 is 0 Å². The van der Waals surface area contributed by atoms with Crippen LogP contribution in [0.3, 0.4) is 0 Å². The highest BCUT2D eigenvalue weighted by atomic mass is 32.2. The first-order chi connectivity index (χ1) is 17.5. The van der Waals surface area contributed by atoms with E-state index in [1.54, 1.807) is 56.3 Å². The topological polar surface area (TPSA) is 86.8 Å². The monoisotopic (exact) mass is 521 g/mol. The van der Waals surface area contributed by atoms with E-state index in [1.807, 2.05) is 51.1 Å². The molecule has 8 heteroatoms. The molecule has 1 atom stereocenters. The van der Waals surface area contributed by atoms with Crippen LogP contribution in [0.4, 0.5) is 5.69 Å². The summed E-state index contributed by atoms with van der Waals surface area (Å²) >= 11 is 0. The quantitative estimate of drug-likeness (QED) is 0.430. The summed E-state index contributed by atoms with van der Waals surface area (Å²) in [6, 6.07) is 20.5. The zero-order chi connectivity index (χ0) is 27.2. The van der Waals surface area contributed by atoms with Crippen molar-refractivity contribution in [3.05, 3.63) is 95.1 Å². The Balaban J connectivity index is 2.04. The molecular weight excluding hydrogens is 486 g/mol. The van der Waals surface area contributed by atoms with Crippen LogP contribution in [0.5, 0.6) is 0 Å². The Hall–Kier alpha value is -3.65. The second-order valence-corrected chi connectivity index (χ2v) is 11.1. The minimum Gasteiger partial charge on any atom is -0.355 e. The molecule has 0 heterocycles. The van der Waals surface area contributed by atoms with Crippen molar-refractivity contribution < 1.29 is 18.0 Å². The van der Waals surface area contributed by atoms with Crippen molar-refractivity contribution >= 4 is 27.5 Å². The molecule has 7 nitrogen and oxygen atoms in total. The predicted octanol–water partition coefficient (Wildman–Crippen LogP) is 4.36. The summed E-state index contributed by atoms with van der Waals surface area (Å²) in [6.07, 6.45) is 0. The fourth-order valence-corrected chi connectivity index (χ4v) is 5.58. The van der Waals surface area contributed by atoms with Gasteiger partial charge in [0.15, 0.2) is 0 Å². The molecular formula is C29H35N3O4S. The summed E-state index contributed by atoms with van der Waals surface area (Å²) in [5.41, 5.74) is 3.94. The molecule has 0 aromatic heterocycles. The van der Waals surface area contributed by atoms with Crippen LogP contribution >= 0.6 is 0 Å². The van der Waals surface area contributed by atoms with E-state index < -0.39 is 28.5 Å². The average Bonchev–Trinajstić information content (AvgIpc) is 2.86. The number of para-hydroxylation sites is 1. The van der Waals surface area contributed by atoms with Crippen molar-refractivity contribution in [2.75, 3.05) is 17.4 Å². The van der Waals surface area contributed by atoms with Crippen LogP contribution in [-0.2, 0) is 26.2 Å². The molecule has 3 aromatic carbocycles. The second-order valence-electron chi connectivity index (χ2n) is 9.19. The van der Waals surface area contributed by atoms with E-state index in [9.17, 15) is 18.0 Å². The van der Waals surface area contributed by atoms with Gasteiger partial charge in [-0.25, -0.2) is 8.42 Å². The Labute approximate surface area is 220 Å². The van der Waals surface area contributed by atoms with Crippen LogP contribution in [0.1, 0.15) is 36.1 Å². The molecule has 1 unspecified atom stereocenters. The first-order valence-corrected chi connectivity index (χ1v) is 13.8. The molecule has 0 saturated heterocycles. The molecule has 0 aliphatic carbocycles. The van der Waals surface area contributed by atoms with Crippen molar-refractivity contribution in [2.45, 2.75) is 52.1 Å². The first kappa shape index (κ1) is 27.9.